The molecular weight excluding hydrogens is 222 g/mol. The first-order chi connectivity index (χ1) is 7.81. The third kappa shape index (κ3) is 1.31. The van der Waals surface area contributed by atoms with Crippen molar-refractivity contribution in [1.82, 2.24) is 13.8 Å². The molecule has 0 N–H and O–H groups in total. The summed E-state index contributed by atoms with van der Waals surface area (Å²) in [4.78, 5) is 12.0. The quantitative estimate of drug-likeness (QED) is 0.754. The summed E-state index contributed by atoms with van der Waals surface area (Å²) in [6.45, 7) is 1.02. The fourth-order valence-electron chi connectivity index (χ4n) is 2.37. The standard InChI is InChI=1S/C11H13N3OS/c1-16-14-11(15)9-6-8-4-2-3-5-13(8)10(9)7-12-14/h6-7H,2-5H2,1H3. The molecule has 5 heteroatoms. The molecule has 2 aromatic heterocycles. The predicted molar refractivity (Wildman–Crippen MR) is 65.8 cm³/mol. The number of hydrogen-bond acceptors (Lipinski definition) is 3. The minimum absolute atomic E-state index is 0.00639. The van der Waals surface area contributed by atoms with Crippen LogP contribution in [0.2, 0.25) is 0 Å². The summed E-state index contributed by atoms with van der Waals surface area (Å²) in [5.74, 6) is 0. The van der Waals surface area contributed by atoms with Gasteiger partial charge < -0.3 is 4.57 Å². The minimum atomic E-state index is 0.00639. The van der Waals surface area contributed by atoms with E-state index in [4.69, 9.17) is 0 Å². The first kappa shape index (κ1) is 9.96. The molecule has 0 fully saturated rings. The zero-order valence-electron chi connectivity index (χ0n) is 9.14. The molecule has 0 spiro atoms. The van der Waals surface area contributed by atoms with E-state index >= 15 is 0 Å². The molecule has 84 valence electrons. The van der Waals surface area contributed by atoms with E-state index in [0.29, 0.717) is 0 Å². The van der Waals surface area contributed by atoms with Crippen LogP contribution in [-0.4, -0.2) is 20.0 Å². The van der Waals surface area contributed by atoms with Crippen LogP contribution >= 0.6 is 11.9 Å². The van der Waals surface area contributed by atoms with Crippen molar-refractivity contribution in [2.75, 3.05) is 6.26 Å². The molecule has 0 aromatic carbocycles. The molecule has 0 atom stereocenters. The smallest absolute Gasteiger partial charge is 0.286 e. The summed E-state index contributed by atoms with van der Waals surface area (Å²) in [7, 11) is 0. The number of nitrogens with zero attached hydrogens (tertiary/aromatic N) is 3. The van der Waals surface area contributed by atoms with Crippen LogP contribution in [0, 0.1) is 0 Å². The van der Waals surface area contributed by atoms with Crippen molar-refractivity contribution in [1.29, 1.82) is 0 Å². The van der Waals surface area contributed by atoms with Gasteiger partial charge in [0.15, 0.2) is 0 Å². The maximum Gasteiger partial charge on any atom is 0.286 e. The largest absolute Gasteiger partial charge is 0.343 e. The molecule has 0 amide bonds. The number of aromatic nitrogens is 3. The Morgan fingerprint density at radius 1 is 1.44 bits per heavy atom. The van der Waals surface area contributed by atoms with E-state index in [-0.39, 0.29) is 5.56 Å². The Morgan fingerprint density at radius 3 is 3.12 bits per heavy atom. The van der Waals surface area contributed by atoms with Gasteiger partial charge in [-0.25, -0.2) is 0 Å². The van der Waals surface area contributed by atoms with Crippen molar-refractivity contribution in [3.63, 3.8) is 0 Å². The van der Waals surface area contributed by atoms with Crippen LogP contribution in [0.5, 0.6) is 0 Å². The molecule has 3 heterocycles. The molecule has 3 rings (SSSR count). The maximum absolute atomic E-state index is 12.0. The molecule has 16 heavy (non-hydrogen) atoms. The Hall–Kier alpha value is -1.23. The summed E-state index contributed by atoms with van der Waals surface area (Å²) < 4.78 is 3.67. The number of rotatable bonds is 1. The highest BCUT2D eigenvalue weighted by molar-refractivity contribution is 7.97. The van der Waals surface area contributed by atoms with Gasteiger partial charge in [-0.2, -0.15) is 9.19 Å². The third-order valence-electron chi connectivity index (χ3n) is 3.15. The van der Waals surface area contributed by atoms with Gasteiger partial charge in [-0.15, -0.1) is 0 Å². The van der Waals surface area contributed by atoms with E-state index in [1.165, 1.54) is 34.6 Å². The van der Waals surface area contributed by atoms with Crippen molar-refractivity contribution in [3.05, 3.63) is 28.3 Å². The highest BCUT2D eigenvalue weighted by Gasteiger charge is 2.15. The molecule has 1 aliphatic heterocycles. The number of aryl methyl sites for hydroxylation is 2. The van der Waals surface area contributed by atoms with Crippen molar-refractivity contribution < 1.29 is 0 Å². The summed E-state index contributed by atoms with van der Waals surface area (Å²) in [5.41, 5.74) is 2.27. The van der Waals surface area contributed by atoms with Crippen LogP contribution in [0.25, 0.3) is 10.9 Å². The minimum Gasteiger partial charge on any atom is -0.343 e. The van der Waals surface area contributed by atoms with Crippen LogP contribution in [-0.2, 0) is 13.0 Å². The van der Waals surface area contributed by atoms with E-state index < -0.39 is 0 Å². The maximum atomic E-state index is 12.0. The van der Waals surface area contributed by atoms with Gasteiger partial charge in [-0.3, -0.25) is 4.79 Å². The van der Waals surface area contributed by atoms with E-state index in [1.807, 2.05) is 18.5 Å². The molecule has 2 aromatic rings. The third-order valence-corrected chi connectivity index (χ3v) is 3.76. The lowest BCUT2D eigenvalue weighted by Crippen LogP contribution is -2.17. The van der Waals surface area contributed by atoms with Gasteiger partial charge in [-0.1, -0.05) is 0 Å². The van der Waals surface area contributed by atoms with Crippen molar-refractivity contribution >= 4 is 22.9 Å². The lowest BCUT2D eigenvalue weighted by molar-refractivity contribution is 0.544. The summed E-state index contributed by atoms with van der Waals surface area (Å²) in [6.07, 6.45) is 7.16. The Kier molecular flexibility index (Phi) is 2.28. The van der Waals surface area contributed by atoms with Crippen LogP contribution in [0.1, 0.15) is 18.5 Å². The first-order valence-electron chi connectivity index (χ1n) is 5.46. The second-order valence-electron chi connectivity index (χ2n) is 4.05. The Bertz CT molecular complexity index is 599. The van der Waals surface area contributed by atoms with Gasteiger partial charge in [0.05, 0.1) is 17.1 Å². The van der Waals surface area contributed by atoms with Gasteiger partial charge in [-0.05, 0) is 37.3 Å². The van der Waals surface area contributed by atoms with Crippen molar-refractivity contribution in [3.8, 4) is 0 Å². The number of hydrogen-bond donors (Lipinski definition) is 0. The fourth-order valence-corrected chi connectivity index (χ4v) is 2.77. The average Bonchev–Trinajstić information content (AvgIpc) is 2.69. The molecule has 0 bridgehead atoms. The van der Waals surface area contributed by atoms with E-state index in [0.717, 1.165) is 23.9 Å². The van der Waals surface area contributed by atoms with Crippen LogP contribution in [0.4, 0.5) is 0 Å². The lowest BCUT2D eigenvalue weighted by atomic mass is 10.1. The fraction of sp³-hybridized carbons (Fsp3) is 0.455. The highest BCUT2D eigenvalue weighted by Crippen LogP contribution is 2.22. The summed E-state index contributed by atoms with van der Waals surface area (Å²) >= 11 is 1.34. The molecule has 0 radical (unpaired) electrons. The number of fused-ring (bicyclic) bond motifs is 3. The Morgan fingerprint density at radius 2 is 2.31 bits per heavy atom. The predicted octanol–water partition coefficient (Wildman–Crippen LogP) is 1.66. The zero-order chi connectivity index (χ0) is 11.1. The van der Waals surface area contributed by atoms with Gasteiger partial charge in [0.2, 0.25) is 0 Å². The van der Waals surface area contributed by atoms with Crippen LogP contribution in [0.15, 0.2) is 17.1 Å². The van der Waals surface area contributed by atoms with E-state index in [2.05, 4.69) is 9.67 Å². The summed E-state index contributed by atoms with van der Waals surface area (Å²) in [6, 6.07) is 2.03. The zero-order valence-corrected chi connectivity index (χ0v) is 9.96. The second-order valence-corrected chi connectivity index (χ2v) is 4.76. The van der Waals surface area contributed by atoms with Crippen molar-refractivity contribution in [2.45, 2.75) is 25.8 Å². The normalized spacial score (nSPS) is 15.3. The molecule has 0 saturated heterocycles. The topological polar surface area (TPSA) is 39.8 Å². The Balaban J connectivity index is 2.34. The van der Waals surface area contributed by atoms with Gasteiger partial charge in [0, 0.05) is 18.5 Å². The van der Waals surface area contributed by atoms with Gasteiger partial charge in [0.1, 0.15) is 0 Å². The molecule has 0 aliphatic carbocycles. The van der Waals surface area contributed by atoms with E-state index in [1.54, 1.807) is 0 Å². The average molecular weight is 235 g/mol. The summed E-state index contributed by atoms with van der Waals surface area (Å²) in [5, 5.41) is 4.96. The monoisotopic (exact) mass is 235 g/mol. The van der Waals surface area contributed by atoms with Gasteiger partial charge in [0.25, 0.3) is 5.56 Å². The molecule has 4 nitrogen and oxygen atoms in total. The first-order valence-corrected chi connectivity index (χ1v) is 6.64. The van der Waals surface area contributed by atoms with E-state index in [9.17, 15) is 4.79 Å². The Labute approximate surface area is 97.4 Å². The van der Waals surface area contributed by atoms with Crippen LogP contribution < -0.4 is 5.56 Å². The van der Waals surface area contributed by atoms with Gasteiger partial charge >= 0.3 is 0 Å². The molecular formula is C11H13N3OS. The molecule has 1 aliphatic rings. The van der Waals surface area contributed by atoms with Crippen LogP contribution in [0.3, 0.4) is 0 Å². The SMILES string of the molecule is CSn1ncc2c(cc3n2CCCC3)c1=O. The molecule has 0 saturated carbocycles. The highest BCUT2D eigenvalue weighted by atomic mass is 32.2. The lowest BCUT2D eigenvalue weighted by Gasteiger charge is -2.15. The molecule has 0 unspecified atom stereocenters. The van der Waals surface area contributed by atoms with Crippen molar-refractivity contribution in [2.24, 2.45) is 0 Å². The second kappa shape index (κ2) is 3.66.